The summed E-state index contributed by atoms with van der Waals surface area (Å²) in [6, 6.07) is 9.75. The second-order valence-corrected chi connectivity index (χ2v) is 5.37. The average molecular weight is 352 g/mol. The van der Waals surface area contributed by atoms with Crippen LogP contribution in [0.2, 0.25) is 0 Å². The zero-order valence-corrected chi connectivity index (χ0v) is 13.3. The number of amides is 1. The number of ether oxygens (including phenoxy) is 1. The molecule has 0 aromatic heterocycles. The van der Waals surface area contributed by atoms with Crippen LogP contribution in [0.3, 0.4) is 0 Å². The van der Waals surface area contributed by atoms with Crippen molar-refractivity contribution < 1.29 is 13.9 Å². The normalized spacial score (nSPS) is 10.3. The first-order chi connectivity index (χ1) is 10.0. The molecule has 2 rings (SSSR count). The Morgan fingerprint density at radius 3 is 2.67 bits per heavy atom. The third-order valence-corrected chi connectivity index (χ3v) is 3.60. The van der Waals surface area contributed by atoms with E-state index < -0.39 is 5.82 Å². The van der Waals surface area contributed by atoms with Crippen LogP contribution in [0, 0.1) is 5.82 Å². The molecule has 0 fully saturated rings. The van der Waals surface area contributed by atoms with Crippen molar-refractivity contribution in [2.24, 2.45) is 0 Å². The van der Waals surface area contributed by atoms with Crippen molar-refractivity contribution in [1.29, 1.82) is 0 Å². The molecule has 21 heavy (non-hydrogen) atoms. The van der Waals surface area contributed by atoms with Crippen molar-refractivity contribution >= 4 is 27.5 Å². The van der Waals surface area contributed by atoms with Gasteiger partial charge in [-0.1, -0.05) is 22.9 Å². The second kappa shape index (κ2) is 6.72. The van der Waals surface area contributed by atoms with Crippen molar-refractivity contribution in [3.8, 4) is 5.75 Å². The SMILES string of the molecule is CCc1cc(Br)ccc1NC(=O)c1ccc(OC)c(F)c1. The third kappa shape index (κ3) is 3.61. The average Bonchev–Trinajstić information content (AvgIpc) is 2.48. The van der Waals surface area contributed by atoms with E-state index in [4.69, 9.17) is 4.74 Å². The lowest BCUT2D eigenvalue weighted by molar-refractivity contribution is 0.102. The van der Waals surface area contributed by atoms with E-state index in [1.807, 2.05) is 25.1 Å². The summed E-state index contributed by atoms with van der Waals surface area (Å²) in [6.07, 6.45) is 0.784. The largest absolute Gasteiger partial charge is 0.494 e. The van der Waals surface area contributed by atoms with Gasteiger partial charge >= 0.3 is 0 Å². The van der Waals surface area contributed by atoms with Gasteiger partial charge in [-0.3, -0.25) is 4.79 Å². The van der Waals surface area contributed by atoms with E-state index in [1.54, 1.807) is 0 Å². The van der Waals surface area contributed by atoms with E-state index in [9.17, 15) is 9.18 Å². The van der Waals surface area contributed by atoms with Crippen LogP contribution in [-0.2, 0) is 6.42 Å². The Labute approximate surface area is 131 Å². The Morgan fingerprint density at radius 1 is 1.29 bits per heavy atom. The monoisotopic (exact) mass is 351 g/mol. The van der Waals surface area contributed by atoms with E-state index in [2.05, 4.69) is 21.2 Å². The molecular formula is C16H15BrFNO2. The molecule has 0 spiro atoms. The highest BCUT2D eigenvalue weighted by atomic mass is 79.9. The predicted octanol–water partition coefficient (Wildman–Crippen LogP) is 4.41. The smallest absolute Gasteiger partial charge is 0.255 e. The van der Waals surface area contributed by atoms with Crippen LogP contribution in [0.4, 0.5) is 10.1 Å². The van der Waals surface area contributed by atoms with Gasteiger partial charge in [0.2, 0.25) is 0 Å². The molecule has 1 amide bonds. The standard InChI is InChI=1S/C16H15BrFNO2/c1-3-10-8-12(17)5-6-14(10)19-16(20)11-4-7-15(21-2)13(18)9-11/h4-9H,3H2,1-2H3,(H,19,20). The molecule has 0 bridgehead atoms. The van der Waals surface area contributed by atoms with Crippen molar-refractivity contribution in [3.05, 3.63) is 57.8 Å². The Hall–Kier alpha value is -1.88. The summed E-state index contributed by atoms with van der Waals surface area (Å²) in [5.41, 5.74) is 1.98. The predicted molar refractivity (Wildman–Crippen MR) is 84.4 cm³/mol. The van der Waals surface area contributed by atoms with Crippen molar-refractivity contribution in [1.82, 2.24) is 0 Å². The number of carbonyl (C=O) groups is 1. The van der Waals surface area contributed by atoms with E-state index in [-0.39, 0.29) is 17.2 Å². The van der Waals surface area contributed by atoms with Crippen LogP contribution in [0.15, 0.2) is 40.9 Å². The molecule has 0 aliphatic heterocycles. The third-order valence-electron chi connectivity index (χ3n) is 3.11. The Morgan fingerprint density at radius 2 is 2.05 bits per heavy atom. The van der Waals surface area contributed by atoms with Gasteiger partial charge in [-0.05, 0) is 48.4 Å². The lowest BCUT2D eigenvalue weighted by Crippen LogP contribution is -2.13. The Bertz CT molecular complexity index is 673. The summed E-state index contributed by atoms with van der Waals surface area (Å²) in [4.78, 5) is 12.2. The summed E-state index contributed by atoms with van der Waals surface area (Å²) in [5.74, 6) is -0.797. The molecule has 0 heterocycles. The van der Waals surface area contributed by atoms with Crippen molar-refractivity contribution in [2.75, 3.05) is 12.4 Å². The first-order valence-electron chi connectivity index (χ1n) is 6.48. The summed E-state index contributed by atoms with van der Waals surface area (Å²) < 4.78 is 19.4. The van der Waals surface area contributed by atoms with Gasteiger partial charge in [0.1, 0.15) is 0 Å². The second-order valence-electron chi connectivity index (χ2n) is 4.46. The minimum absolute atomic E-state index is 0.115. The fourth-order valence-electron chi connectivity index (χ4n) is 1.98. The number of carbonyl (C=O) groups excluding carboxylic acids is 1. The first kappa shape index (κ1) is 15.5. The molecule has 0 aliphatic rings. The maximum Gasteiger partial charge on any atom is 0.255 e. The van der Waals surface area contributed by atoms with E-state index >= 15 is 0 Å². The molecule has 110 valence electrons. The van der Waals surface area contributed by atoms with Gasteiger partial charge in [0, 0.05) is 15.7 Å². The molecular weight excluding hydrogens is 337 g/mol. The molecule has 2 aromatic carbocycles. The minimum Gasteiger partial charge on any atom is -0.494 e. The number of anilines is 1. The van der Waals surface area contributed by atoms with Gasteiger partial charge < -0.3 is 10.1 Å². The molecule has 0 saturated heterocycles. The number of nitrogens with one attached hydrogen (secondary N) is 1. The van der Waals surface area contributed by atoms with Gasteiger partial charge in [0.25, 0.3) is 5.91 Å². The summed E-state index contributed by atoms with van der Waals surface area (Å²) >= 11 is 3.40. The van der Waals surface area contributed by atoms with Crippen molar-refractivity contribution in [2.45, 2.75) is 13.3 Å². The van der Waals surface area contributed by atoms with E-state index in [1.165, 1.54) is 25.3 Å². The number of rotatable bonds is 4. The number of halogens is 2. The molecule has 3 nitrogen and oxygen atoms in total. The van der Waals surface area contributed by atoms with Crippen LogP contribution < -0.4 is 10.1 Å². The maximum atomic E-state index is 13.6. The van der Waals surface area contributed by atoms with Gasteiger partial charge in [-0.25, -0.2) is 4.39 Å². The van der Waals surface area contributed by atoms with Crippen molar-refractivity contribution in [3.63, 3.8) is 0 Å². The van der Waals surface area contributed by atoms with E-state index in [0.717, 1.165) is 22.1 Å². The summed E-state index contributed by atoms with van der Waals surface area (Å²) in [5, 5.41) is 2.80. The molecule has 0 atom stereocenters. The van der Waals surface area contributed by atoms with Gasteiger partial charge in [-0.15, -0.1) is 0 Å². The molecule has 2 aromatic rings. The number of aryl methyl sites for hydroxylation is 1. The van der Waals surface area contributed by atoms with Gasteiger partial charge in [0.15, 0.2) is 11.6 Å². The molecule has 0 saturated carbocycles. The number of hydrogen-bond acceptors (Lipinski definition) is 2. The number of methoxy groups -OCH3 is 1. The van der Waals surface area contributed by atoms with Crippen LogP contribution in [0.25, 0.3) is 0 Å². The summed E-state index contributed by atoms with van der Waals surface area (Å²) in [6.45, 7) is 2.00. The maximum absolute atomic E-state index is 13.6. The van der Waals surface area contributed by atoms with Crippen LogP contribution in [-0.4, -0.2) is 13.0 Å². The first-order valence-corrected chi connectivity index (χ1v) is 7.27. The fraction of sp³-hybridized carbons (Fsp3) is 0.188. The lowest BCUT2D eigenvalue weighted by atomic mass is 10.1. The van der Waals surface area contributed by atoms with E-state index in [0.29, 0.717) is 0 Å². The molecule has 1 N–H and O–H groups in total. The Kier molecular flexibility index (Phi) is 4.96. The molecule has 5 heteroatoms. The topological polar surface area (TPSA) is 38.3 Å². The van der Waals surface area contributed by atoms with Crippen LogP contribution in [0.5, 0.6) is 5.75 Å². The summed E-state index contributed by atoms with van der Waals surface area (Å²) in [7, 11) is 1.38. The highest BCUT2D eigenvalue weighted by Crippen LogP contribution is 2.23. The minimum atomic E-state index is -0.559. The molecule has 0 unspecified atom stereocenters. The van der Waals surface area contributed by atoms with Gasteiger partial charge in [-0.2, -0.15) is 0 Å². The quantitative estimate of drug-likeness (QED) is 0.885. The Balaban J connectivity index is 2.24. The fourth-order valence-corrected chi connectivity index (χ4v) is 2.39. The highest BCUT2D eigenvalue weighted by Gasteiger charge is 2.12. The molecule has 0 radical (unpaired) electrons. The number of benzene rings is 2. The highest BCUT2D eigenvalue weighted by molar-refractivity contribution is 9.10. The lowest BCUT2D eigenvalue weighted by Gasteiger charge is -2.11. The zero-order chi connectivity index (χ0) is 15.4. The van der Waals surface area contributed by atoms with Crippen LogP contribution >= 0.6 is 15.9 Å². The van der Waals surface area contributed by atoms with Crippen LogP contribution in [0.1, 0.15) is 22.8 Å². The van der Waals surface area contributed by atoms with Gasteiger partial charge in [0.05, 0.1) is 7.11 Å². The molecule has 0 aliphatic carbocycles. The zero-order valence-electron chi connectivity index (χ0n) is 11.7. The number of hydrogen-bond donors (Lipinski definition) is 1.